The summed E-state index contributed by atoms with van der Waals surface area (Å²) in [6.45, 7) is 3.61. The number of halogens is 1. The van der Waals surface area contributed by atoms with Gasteiger partial charge in [0, 0.05) is 35.8 Å². The zero-order valence-corrected chi connectivity index (χ0v) is 16.9. The van der Waals surface area contributed by atoms with Crippen LogP contribution in [0.1, 0.15) is 25.1 Å². The Kier molecular flexibility index (Phi) is 4.59. The molecule has 5 rings (SSSR count). The van der Waals surface area contributed by atoms with Gasteiger partial charge < -0.3 is 14.4 Å². The van der Waals surface area contributed by atoms with Gasteiger partial charge in [0.25, 0.3) is 5.56 Å². The summed E-state index contributed by atoms with van der Waals surface area (Å²) in [5, 5.41) is 13.6. The maximum Gasteiger partial charge on any atom is 0.251 e. The first-order valence-corrected chi connectivity index (χ1v) is 9.95. The SMILES string of the molecule is CC(c1cc(-c2cccc(Cl)c2)on1)N1CCCn2c(-c3cc(=O)[nH]cn3)nnc21. The third-order valence-corrected chi connectivity index (χ3v) is 5.44. The second-order valence-corrected chi connectivity index (χ2v) is 7.56. The van der Waals surface area contributed by atoms with Crippen molar-refractivity contribution in [2.75, 3.05) is 11.4 Å². The lowest BCUT2D eigenvalue weighted by Gasteiger charge is -2.32. The van der Waals surface area contributed by atoms with Gasteiger partial charge in [0.05, 0.1) is 12.4 Å². The van der Waals surface area contributed by atoms with Crippen LogP contribution >= 0.6 is 11.6 Å². The zero-order chi connectivity index (χ0) is 20.7. The number of benzene rings is 1. The Balaban J connectivity index is 1.46. The van der Waals surface area contributed by atoms with Crippen molar-refractivity contribution in [2.45, 2.75) is 25.9 Å². The van der Waals surface area contributed by atoms with E-state index in [-0.39, 0.29) is 11.6 Å². The number of anilines is 1. The highest BCUT2D eigenvalue weighted by Crippen LogP contribution is 2.33. The molecule has 0 aliphatic carbocycles. The minimum atomic E-state index is -0.227. The molecule has 0 saturated carbocycles. The second kappa shape index (κ2) is 7.42. The van der Waals surface area contributed by atoms with Crippen LogP contribution in [-0.4, -0.2) is 36.4 Å². The Labute approximate surface area is 176 Å². The number of fused-ring (bicyclic) bond motifs is 1. The fourth-order valence-electron chi connectivity index (χ4n) is 3.68. The van der Waals surface area contributed by atoms with Gasteiger partial charge in [-0.2, -0.15) is 0 Å². The molecule has 1 unspecified atom stereocenters. The third-order valence-electron chi connectivity index (χ3n) is 5.21. The largest absolute Gasteiger partial charge is 0.356 e. The van der Waals surface area contributed by atoms with Crippen molar-refractivity contribution in [3.05, 3.63) is 63.8 Å². The number of nitrogens with one attached hydrogen (secondary N) is 1. The maximum absolute atomic E-state index is 11.7. The summed E-state index contributed by atoms with van der Waals surface area (Å²) in [5.41, 5.74) is 1.93. The molecule has 1 aliphatic rings. The smallest absolute Gasteiger partial charge is 0.251 e. The van der Waals surface area contributed by atoms with Gasteiger partial charge in [-0.05, 0) is 25.5 Å². The normalized spacial score (nSPS) is 14.5. The standard InChI is InChI=1S/C20H18ClN7O2/c1-12(15-9-17(30-26-15)13-4-2-5-14(21)8-13)27-6-3-7-28-19(24-25-20(27)28)16-10-18(29)23-11-22-16/h2,4-5,8-12H,3,6-7H2,1H3,(H,22,23,29). The summed E-state index contributed by atoms with van der Waals surface area (Å²) in [7, 11) is 0. The molecule has 0 amide bonds. The molecule has 1 aliphatic heterocycles. The van der Waals surface area contributed by atoms with Gasteiger partial charge in [-0.3, -0.25) is 9.36 Å². The molecule has 0 saturated heterocycles. The highest BCUT2D eigenvalue weighted by atomic mass is 35.5. The number of nitrogens with zero attached hydrogens (tertiary/aromatic N) is 6. The molecule has 0 bridgehead atoms. The summed E-state index contributed by atoms with van der Waals surface area (Å²) in [5.74, 6) is 1.96. The molecule has 0 radical (unpaired) electrons. The van der Waals surface area contributed by atoms with Gasteiger partial charge in [0.15, 0.2) is 11.6 Å². The van der Waals surface area contributed by atoms with Crippen LogP contribution in [-0.2, 0) is 6.54 Å². The number of aromatic amines is 1. The van der Waals surface area contributed by atoms with Crippen molar-refractivity contribution in [3.63, 3.8) is 0 Å². The Morgan fingerprint density at radius 2 is 2.10 bits per heavy atom. The summed E-state index contributed by atoms with van der Waals surface area (Å²) in [4.78, 5) is 20.5. The predicted molar refractivity (Wildman–Crippen MR) is 111 cm³/mol. The molecule has 0 fully saturated rings. The highest BCUT2D eigenvalue weighted by Gasteiger charge is 2.29. The molecule has 1 N–H and O–H groups in total. The number of rotatable bonds is 4. The molecule has 1 atom stereocenters. The van der Waals surface area contributed by atoms with Crippen LogP contribution in [0.2, 0.25) is 5.02 Å². The number of hydrogen-bond acceptors (Lipinski definition) is 7. The first kappa shape index (κ1) is 18.6. The van der Waals surface area contributed by atoms with Gasteiger partial charge in [0.1, 0.15) is 11.4 Å². The van der Waals surface area contributed by atoms with Crippen molar-refractivity contribution in [3.8, 4) is 22.8 Å². The molecule has 4 heterocycles. The van der Waals surface area contributed by atoms with E-state index in [1.165, 1.54) is 12.4 Å². The van der Waals surface area contributed by atoms with E-state index >= 15 is 0 Å². The van der Waals surface area contributed by atoms with Gasteiger partial charge >= 0.3 is 0 Å². The molecule has 9 nitrogen and oxygen atoms in total. The first-order valence-electron chi connectivity index (χ1n) is 9.57. The maximum atomic E-state index is 11.7. The van der Waals surface area contributed by atoms with Crippen LogP contribution in [0.25, 0.3) is 22.8 Å². The Morgan fingerprint density at radius 1 is 1.20 bits per heavy atom. The Morgan fingerprint density at radius 3 is 2.93 bits per heavy atom. The molecule has 152 valence electrons. The fraction of sp³-hybridized carbons (Fsp3) is 0.250. The van der Waals surface area contributed by atoms with Crippen LogP contribution < -0.4 is 10.5 Å². The molecule has 3 aromatic heterocycles. The Bertz CT molecular complexity index is 1260. The van der Waals surface area contributed by atoms with E-state index in [9.17, 15) is 4.79 Å². The van der Waals surface area contributed by atoms with Crippen LogP contribution in [0.3, 0.4) is 0 Å². The third kappa shape index (κ3) is 3.26. The predicted octanol–water partition coefficient (Wildman–Crippen LogP) is 3.31. The number of H-pyrrole nitrogens is 1. The van der Waals surface area contributed by atoms with E-state index in [0.717, 1.165) is 36.7 Å². The van der Waals surface area contributed by atoms with Gasteiger partial charge in [0.2, 0.25) is 5.95 Å². The lowest BCUT2D eigenvalue weighted by atomic mass is 10.1. The first-order chi connectivity index (χ1) is 14.6. The molecule has 1 aromatic carbocycles. The summed E-state index contributed by atoms with van der Waals surface area (Å²) in [6.07, 6.45) is 2.28. The second-order valence-electron chi connectivity index (χ2n) is 7.12. The van der Waals surface area contributed by atoms with E-state index in [0.29, 0.717) is 22.3 Å². The van der Waals surface area contributed by atoms with Crippen molar-refractivity contribution in [1.82, 2.24) is 29.9 Å². The number of aromatic nitrogens is 6. The number of hydrogen-bond donors (Lipinski definition) is 1. The van der Waals surface area contributed by atoms with Crippen LogP contribution in [0, 0.1) is 0 Å². The quantitative estimate of drug-likeness (QED) is 0.536. The lowest BCUT2D eigenvalue weighted by Crippen LogP contribution is -2.35. The van der Waals surface area contributed by atoms with Crippen LogP contribution in [0.5, 0.6) is 0 Å². The van der Waals surface area contributed by atoms with E-state index in [1.807, 2.05) is 34.9 Å². The molecule has 10 heteroatoms. The molecule has 30 heavy (non-hydrogen) atoms. The molecule has 4 aromatic rings. The zero-order valence-electron chi connectivity index (χ0n) is 16.1. The average Bonchev–Trinajstić information content (AvgIpc) is 3.41. The van der Waals surface area contributed by atoms with Crippen LogP contribution in [0.15, 0.2) is 52.0 Å². The van der Waals surface area contributed by atoms with Crippen molar-refractivity contribution >= 4 is 17.5 Å². The van der Waals surface area contributed by atoms with Crippen molar-refractivity contribution < 1.29 is 4.52 Å². The van der Waals surface area contributed by atoms with Crippen LogP contribution in [0.4, 0.5) is 5.95 Å². The van der Waals surface area contributed by atoms with Gasteiger partial charge in [-0.25, -0.2) is 4.98 Å². The van der Waals surface area contributed by atoms with Gasteiger partial charge in [-0.15, -0.1) is 10.2 Å². The summed E-state index contributed by atoms with van der Waals surface area (Å²) in [6, 6.07) is 10.7. The van der Waals surface area contributed by atoms with E-state index in [4.69, 9.17) is 16.1 Å². The van der Waals surface area contributed by atoms with E-state index < -0.39 is 0 Å². The highest BCUT2D eigenvalue weighted by molar-refractivity contribution is 6.30. The van der Waals surface area contributed by atoms with Crippen molar-refractivity contribution in [1.29, 1.82) is 0 Å². The summed E-state index contributed by atoms with van der Waals surface area (Å²) >= 11 is 6.09. The summed E-state index contributed by atoms with van der Waals surface area (Å²) < 4.78 is 7.55. The lowest BCUT2D eigenvalue weighted by molar-refractivity contribution is 0.412. The van der Waals surface area contributed by atoms with E-state index in [2.05, 4.69) is 37.1 Å². The minimum Gasteiger partial charge on any atom is -0.356 e. The van der Waals surface area contributed by atoms with E-state index in [1.54, 1.807) is 0 Å². The average molecular weight is 424 g/mol. The molecular weight excluding hydrogens is 406 g/mol. The van der Waals surface area contributed by atoms with Gasteiger partial charge in [-0.1, -0.05) is 28.9 Å². The minimum absolute atomic E-state index is 0.0788. The topological polar surface area (TPSA) is 106 Å². The monoisotopic (exact) mass is 423 g/mol. The molecule has 0 spiro atoms. The fourth-order valence-corrected chi connectivity index (χ4v) is 3.87. The Hall–Kier alpha value is -3.46. The molecular formula is C20H18ClN7O2. The van der Waals surface area contributed by atoms with Crippen molar-refractivity contribution in [2.24, 2.45) is 0 Å².